The van der Waals surface area contributed by atoms with Crippen molar-refractivity contribution in [2.45, 2.75) is 6.04 Å². The Kier molecular flexibility index (Phi) is 6.96. The number of morpholine rings is 1. The highest BCUT2D eigenvalue weighted by Gasteiger charge is 2.24. The molecular formula is C20H22Cl2N2O3. The van der Waals surface area contributed by atoms with Gasteiger partial charge in [0, 0.05) is 19.6 Å². The molecule has 144 valence electrons. The van der Waals surface area contributed by atoms with E-state index in [1.54, 1.807) is 25.3 Å². The Morgan fingerprint density at radius 2 is 1.78 bits per heavy atom. The molecule has 1 fully saturated rings. The molecular weight excluding hydrogens is 387 g/mol. The Balaban J connectivity index is 1.77. The molecule has 1 atom stereocenters. The number of rotatable bonds is 6. The summed E-state index contributed by atoms with van der Waals surface area (Å²) in [4.78, 5) is 15.0. The van der Waals surface area contributed by atoms with E-state index in [2.05, 4.69) is 10.2 Å². The number of amides is 1. The first-order valence-electron chi connectivity index (χ1n) is 8.78. The second-order valence-electron chi connectivity index (χ2n) is 6.24. The van der Waals surface area contributed by atoms with Gasteiger partial charge in [0.2, 0.25) is 0 Å². The van der Waals surface area contributed by atoms with Crippen molar-refractivity contribution in [2.75, 3.05) is 40.0 Å². The van der Waals surface area contributed by atoms with Crippen LogP contribution >= 0.6 is 23.2 Å². The molecule has 1 saturated heterocycles. The molecule has 0 spiro atoms. The van der Waals surface area contributed by atoms with E-state index in [1.807, 2.05) is 24.3 Å². The summed E-state index contributed by atoms with van der Waals surface area (Å²) in [5.74, 6) is 0.517. The topological polar surface area (TPSA) is 50.8 Å². The molecule has 1 aliphatic rings. The standard InChI is InChI=1S/C20H22Cl2N2O3/c1-26-15-7-5-14(6-8-15)18(24-9-11-27-12-10-24)13-23-20(25)19-16(21)3-2-4-17(19)22/h2-8,18H,9-13H2,1H3,(H,23,25). The second-order valence-corrected chi connectivity index (χ2v) is 7.06. The van der Waals surface area contributed by atoms with Crippen LogP contribution in [0.25, 0.3) is 0 Å². The normalized spacial score (nSPS) is 16.0. The van der Waals surface area contributed by atoms with Gasteiger partial charge in [0.05, 0.1) is 42.0 Å². The second kappa shape index (κ2) is 9.42. The van der Waals surface area contributed by atoms with E-state index in [0.717, 1.165) is 24.4 Å². The monoisotopic (exact) mass is 408 g/mol. The maximum absolute atomic E-state index is 12.7. The quantitative estimate of drug-likeness (QED) is 0.789. The molecule has 2 aromatic carbocycles. The number of halogens is 2. The molecule has 5 nitrogen and oxygen atoms in total. The molecule has 0 radical (unpaired) electrons. The fourth-order valence-electron chi connectivity index (χ4n) is 3.17. The molecule has 0 aromatic heterocycles. The molecule has 0 aliphatic carbocycles. The van der Waals surface area contributed by atoms with Gasteiger partial charge < -0.3 is 14.8 Å². The van der Waals surface area contributed by atoms with E-state index in [0.29, 0.717) is 35.4 Å². The van der Waals surface area contributed by atoms with Crippen LogP contribution in [0.1, 0.15) is 22.0 Å². The number of methoxy groups -OCH3 is 1. The third-order valence-electron chi connectivity index (χ3n) is 4.63. The van der Waals surface area contributed by atoms with Gasteiger partial charge in [0.1, 0.15) is 5.75 Å². The predicted octanol–water partition coefficient (Wildman–Crippen LogP) is 3.81. The van der Waals surface area contributed by atoms with Crippen LogP contribution in [-0.2, 0) is 4.74 Å². The Bertz CT molecular complexity index is 757. The molecule has 1 N–H and O–H groups in total. The van der Waals surface area contributed by atoms with Gasteiger partial charge in [0.25, 0.3) is 5.91 Å². The summed E-state index contributed by atoms with van der Waals surface area (Å²) in [6.07, 6.45) is 0. The fourth-order valence-corrected chi connectivity index (χ4v) is 3.73. The molecule has 2 aromatic rings. The zero-order valence-corrected chi connectivity index (χ0v) is 16.6. The number of carbonyl (C=O) groups excluding carboxylic acids is 1. The predicted molar refractivity (Wildman–Crippen MR) is 107 cm³/mol. The van der Waals surface area contributed by atoms with Gasteiger partial charge in [-0.25, -0.2) is 0 Å². The van der Waals surface area contributed by atoms with Crippen LogP contribution < -0.4 is 10.1 Å². The van der Waals surface area contributed by atoms with Gasteiger partial charge in [-0.2, -0.15) is 0 Å². The SMILES string of the molecule is COc1ccc(C(CNC(=O)c2c(Cl)cccc2Cl)N2CCOCC2)cc1. The van der Waals surface area contributed by atoms with Crippen LogP contribution in [0.5, 0.6) is 5.75 Å². The molecule has 1 amide bonds. The van der Waals surface area contributed by atoms with Gasteiger partial charge in [-0.05, 0) is 29.8 Å². The Morgan fingerprint density at radius 1 is 1.15 bits per heavy atom. The third-order valence-corrected chi connectivity index (χ3v) is 5.26. The highest BCUT2D eigenvalue weighted by molar-refractivity contribution is 6.39. The number of benzene rings is 2. The number of nitrogens with zero attached hydrogens (tertiary/aromatic N) is 1. The summed E-state index contributed by atoms with van der Waals surface area (Å²) in [5.41, 5.74) is 1.40. The first-order chi connectivity index (χ1) is 13.1. The van der Waals surface area contributed by atoms with E-state index in [1.165, 1.54) is 0 Å². The van der Waals surface area contributed by atoms with Crippen molar-refractivity contribution in [1.82, 2.24) is 10.2 Å². The maximum atomic E-state index is 12.7. The number of hydrogen-bond donors (Lipinski definition) is 1. The Morgan fingerprint density at radius 3 is 2.37 bits per heavy atom. The summed E-state index contributed by atoms with van der Waals surface area (Å²) in [7, 11) is 1.64. The third kappa shape index (κ3) is 4.93. The molecule has 0 saturated carbocycles. The first kappa shape index (κ1) is 20.0. The summed E-state index contributed by atoms with van der Waals surface area (Å²) in [5, 5.41) is 3.66. The minimum Gasteiger partial charge on any atom is -0.497 e. The van der Waals surface area contributed by atoms with Crippen molar-refractivity contribution in [3.05, 3.63) is 63.6 Å². The molecule has 1 heterocycles. The summed E-state index contributed by atoms with van der Waals surface area (Å²) in [6.45, 7) is 3.40. The number of nitrogens with one attached hydrogen (secondary N) is 1. The minimum atomic E-state index is -0.280. The van der Waals surface area contributed by atoms with E-state index < -0.39 is 0 Å². The van der Waals surface area contributed by atoms with Crippen molar-refractivity contribution >= 4 is 29.1 Å². The van der Waals surface area contributed by atoms with Crippen LogP contribution in [0.2, 0.25) is 10.0 Å². The van der Waals surface area contributed by atoms with E-state index in [9.17, 15) is 4.79 Å². The molecule has 1 aliphatic heterocycles. The van der Waals surface area contributed by atoms with Crippen LogP contribution in [0.15, 0.2) is 42.5 Å². The number of ether oxygens (including phenoxy) is 2. The lowest BCUT2D eigenvalue weighted by Gasteiger charge is -2.35. The summed E-state index contributed by atoms with van der Waals surface area (Å²) in [6, 6.07) is 12.9. The molecule has 3 rings (SSSR count). The Labute approximate surface area is 169 Å². The fraction of sp³-hybridized carbons (Fsp3) is 0.350. The number of carbonyl (C=O) groups is 1. The molecule has 0 bridgehead atoms. The van der Waals surface area contributed by atoms with Gasteiger partial charge in [0.15, 0.2) is 0 Å². The van der Waals surface area contributed by atoms with E-state index in [-0.39, 0.29) is 11.9 Å². The largest absolute Gasteiger partial charge is 0.497 e. The first-order valence-corrected chi connectivity index (χ1v) is 9.53. The van der Waals surface area contributed by atoms with E-state index in [4.69, 9.17) is 32.7 Å². The average Bonchev–Trinajstić information content (AvgIpc) is 2.69. The molecule has 27 heavy (non-hydrogen) atoms. The van der Waals surface area contributed by atoms with Gasteiger partial charge in [-0.1, -0.05) is 41.4 Å². The van der Waals surface area contributed by atoms with Crippen LogP contribution in [0.3, 0.4) is 0 Å². The maximum Gasteiger partial charge on any atom is 0.254 e. The molecule has 1 unspecified atom stereocenters. The number of hydrogen-bond acceptors (Lipinski definition) is 4. The summed E-state index contributed by atoms with van der Waals surface area (Å²) >= 11 is 12.3. The average molecular weight is 409 g/mol. The zero-order chi connectivity index (χ0) is 19.2. The highest BCUT2D eigenvalue weighted by Crippen LogP contribution is 2.26. The lowest BCUT2D eigenvalue weighted by molar-refractivity contribution is 0.0162. The smallest absolute Gasteiger partial charge is 0.254 e. The minimum absolute atomic E-state index is 0.0185. The van der Waals surface area contributed by atoms with Crippen molar-refractivity contribution < 1.29 is 14.3 Å². The van der Waals surface area contributed by atoms with Crippen LogP contribution in [-0.4, -0.2) is 50.8 Å². The van der Waals surface area contributed by atoms with Gasteiger partial charge in [-0.15, -0.1) is 0 Å². The lowest BCUT2D eigenvalue weighted by Crippen LogP contribution is -2.43. The van der Waals surface area contributed by atoms with Gasteiger partial charge >= 0.3 is 0 Å². The van der Waals surface area contributed by atoms with E-state index >= 15 is 0 Å². The van der Waals surface area contributed by atoms with Crippen molar-refractivity contribution in [2.24, 2.45) is 0 Å². The Hall–Kier alpha value is -1.79. The van der Waals surface area contributed by atoms with Crippen molar-refractivity contribution in [1.29, 1.82) is 0 Å². The molecule has 7 heteroatoms. The van der Waals surface area contributed by atoms with Crippen LogP contribution in [0.4, 0.5) is 0 Å². The van der Waals surface area contributed by atoms with Crippen molar-refractivity contribution in [3.63, 3.8) is 0 Å². The van der Waals surface area contributed by atoms with Crippen molar-refractivity contribution in [3.8, 4) is 5.75 Å². The van der Waals surface area contributed by atoms with Gasteiger partial charge in [-0.3, -0.25) is 9.69 Å². The lowest BCUT2D eigenvalue weighted by atomic mass is 10.0. The highest BCUT2D eigenvalue weighted by atomic mass is 35.5. The summed E-state index contributed by atoms with van der Waals surface area (Å²) < 4.78 is 10.7. The van der Waals surface area contributed by atoms with Crippen LogP contribution in [0, 0.1) is 0 Å². The zero-order valence-electron chi connectivity index (χ0n) is 15.1.